The van der Waals surface area contributed by atoms with Gasteiger partial charge in [0.15, 0.2) is 0 Å². The fourth-order valence-electron chi connectivity index (χ4n) is 1.89. The number of aromatic nitrogens is 2. The van der Waals surface area contributed by atoms with E-state index in [2.05, 4.69) is 14.9 Å². The molecule has 0 spiro atoms. The Morgan fingerprint density at radius 3 is 2.55 bits per heavy atom. The molecule has 3 aromatic rings. The maximum Gasteiger partial charge on any atom is 0.269 e. The van der Waals surface area contributed by atoms with Crippen LogP contribution in [-0.4, -0.2) is 15.5 Å². The van der Waals surface area contributed by atoms with Gasteiger partial charge in [-0.25, -0.2) is 8.78 Å². The molecule has 0 bridgehead atoms. The molecular formula is C15H9F2N3OS. The number of nitrogens with zero attached hydrogens (tertiary/aromatic N) is 2. The largest absolute Gasteiger partial charge is 0.321 e. The molecule has 0 atom stereocenters. The number of benzene rings is 2. The van der Waals surface area contributed by atoms with Crippen molar-refractivity contribution in [2.24, 2.45) is 0 Å². The second kappa shape index (κ2) is 5.98. The first kappa shape index (κ1) is 14.3. The van der Waals surface area contributed by atoms with Crippen LogP contribution in [0.1, 0.15) is 9.67 Å². The monoisotopic (exact) mass is 317 g/mol. The third kappa shape index (κ3) is 2.99. The molecule has 7 heteroatoms. The fourth-order valence-corrected chi connectivity index (χ4v) is 2.47. The first-order valence-corrected chi connectivity index (χ1v) is 7.06. The Labute approximate surface area is 128 Å². The molecule has 0 saturated carbocycles. The molecule has 4 nitrogen and oxygen atoms in total. The molecule has 3 rings (SSSR count). The van der Waals surface area contributed by atoms with Crippen LogP contribution in [0.5, 0.6) is 0 Å². The molecule has 2 aromatic carbocycles. The van der Waals surface area contributed by atoms with Crippen LogP contribution in [0.15, 0.2) is 48.5 Å². The number of hydrogen-bond acceptors (Lipinski definition) is 4. The van der Waals surface area contributed by atoms with E-state index in [1.165, 1.54) is 42.5 Å². The summed E-state index contributed by atoms with van der Waals surface area (Å²) < 4.78 is 29.9. The molecule has 0 saturated heterocycles. The zero-order valence-electron chi connectivity index (χ0n) is 11.1. The van der Waals surface area contributed by atoms with Crippen LogP contribution in [-0.2, 0) is 0 Å². The number of rotatable bonds is 3. The second-order valence-electron chi connectivity index (χ2n) is 4.42. The lowest BCUT2D eigenvalue weighted by Gasteiger charge is -2.04. The highest BCUT2D eigenvalue weighted by molar-refractivity contribution is 7.08. The summed E-state index contributed by atoms with van der Waals surface area (Å²) in [6, 6.07) is 11.2. The van der Waals surface area contributed by atoms with Crippen molar-refractivity contribution < 1.29 is 13.6 Å². The van der Waals surface area contributed by atoms with E-state index >= 15 is 0 Å². The molecular weight excluding hydrogens is 308 g/mol. The van der Waals surface area contributed by atoms with Crippen LogP contribution in [0.2, 0.25) is 0 Å². The van der Waals surface area contributed by atoms with Gasteiger partial charge in [0.2, 0.25) is 0 Å². The lowest BCUT2D eigenvalue weighted by molar-refractivity contribution is 0.103. The molecule has 0 aliphatic heterocycles. The number of anilines is 1. The van der Waals surface area contributed by atoms with E-state index < -0.39 is 11.7 Å². The molecule has 0 aliphatic rings. The molecule has 0 radical (unpaired) electrons. The fraction of sp³-hybridized carbons (Fsp3) is 0. The second-order valence-corrected chi connectivity index (χ2v) is 5.18. The van der Waals surface area contributed by atoms with Gasteiger partial charge in [0.25, 0.3) is 5.91 Å². The number of amides is 1. The molecule has 0 fully saturated rings. The molecule has 1 aromatic heterocycles. The SMILES string of the molecule is O=C(Nc1cccc(F)c1)c1snnc1-c1ccc(F)cc1. The molecule has 110 valence electrons. The average Bonchev–Trinajstić information content (AvgIpc) is 2.97. The molecule has 1 amide bonds. The van der Waals surface area contributed by atoms with E-state index in [1.54, 1.807) is 6.07 Å². The highest BCUT2D eigenvalue weighted by Gasteiger charge is 2.18. The van der Waals surface area contributed by atoms with Crippen LogP contribution in [0.25, 0.3) is 11.3 Å². The Bertz CT molecular complexity index is 818. The van der Waals surface area contributed by atoms with Crippen LogP contribution < -0.4 is 5.32 Å². The smallest absolute Gasteiger partial charge is 0.269 e. The Balaban J connectivity index is 1.88. The van der Waals surface area contributed by atoms with Crippen molar-refractivity contribution in [2.45, 2.75) is 0 Å². The minimum atomic E-state index is -0.445. The minimum Gasteiger partial charge on any atom is -0.321 e. The van der Waals surface area contributed by atoms with Gasteiger partial charge in [-0.3, -0.25) is 4.79 Å². The van der Waals surface area contributed by atoms with Gasteiger partial charge in [0.1, 0.15) is 22.2 Å². The van der Waals surface area contributed by atoms with Gasteiger partial charge in [-0.1, -0.05) is 10.6 Å². The van der Waals surface area contributed by atoms with E-state index in [4.69, 9.17) is 0 Å². The van der Waals surface area contributed by atoms with E-state index in [1.807, 2.05) is 0 Å². The van der Waals surface area contributed by atoms with E-state index in [0.29, 0.717) is 16.9 Å². The van der Waals surface area contributed by atoms with E-state index in [9.17, 15) is 13.6 Å². The Kier molecular flexibility index (Phi) is 3.88. The quantitative estimate of drug-likeness (QED) is 0.800. The standard InChI is InChI=1S/C15H9F2N3OS/c16-10-6-4-9(5-7-10)13-14(22-20-19-13)15(21)18-12-3-1-2-11(17)8-12/h1-8H,(H,18,21). The predicted octanol–water partition coefficient (Wildman–Crippen LogP) is 3.74. The first-order chi connectivity index (χ1) is 10.6. The summed E-state index contributed by atoms with van der Waals surface area (Å²) in [6.45, 7) is 0. The average molecular weight is 317 g/mol. The van der Waals surface area contributed by atoms with Gasteiger partial charge in [0.05, 0.1) is 0 Å². The van der Waals surface area contributed by atoms with E-state index in [0.717, 1.165) is 11.5 Å². The molecule has 0 aliphatic carbocycles. The van der Waals surface area contributed by atoms with Crippen molar-refractivity contribution in [2.75, 3.05) is 5.32 Å². The molecule has 1 N–H and O–H groups in total. The van der Waals surface area contributed by atoms with E-state index in [-0.39, 0.29) is 10.7 Å². The zero-order chi connectivity index (χ0) is 15.5. The summed E-state index contributed by atoms with van der Waals surface area (Å²) >= 11 is 0.919. The summed E-state index contributed by atoms with van der Waals surface area (Å²) in [5.41, 5.74) is 1.28. The summed E-state index contributed by atoms with van der Waals surface area (Å²) in [6.07, 6.45) is 0. The predicted molar refractivity (Wildman–Crippen MR) is 79.7 cm³/mol. The Morgan fingerprint density at radius 1 is 1.05 bits per heavy atom. The number of nitrogens with one attached hydrogen (secondary N) is 1. The highest BCUT2D eigenvalue weighted by atomic mass is 32.1. The molecule has 22 heavy (non-hydrogen) atoms. The molecule has 0 unspecified atom stereocenters. The third-order valence-electron chi connectivity index (χ3n) is 2.89. The van der Waals surface area contributed by atoms with Crippen LogP contribution >= 0.6 is 11.5 Å². The summed E-state index contributed by atoms with van der Waals surface area (Å²) in [4.78, 5) is 12.5. The van der Waals surface area contributed by atoms with Crippen molar-refractivity contribution in [1.82, 2.24) is 9.59 Å². The summed E-state index contributed by atoms with van der Waals surface area (Å²) in [5, 5.41) is 6.49. The van der Waals surface area contributed by atoms with Crippen molar-refractivity contribution in [1.29, 1.82) is 0 Å². The number of hydrogen-bond donors (Lipinski definition) is 1. The van der Waals surface area contributed by atoms with Crippen molar-refractivity contribution >= 4 is 23.1 Å². The minimum absolute atomic E-state index is 0.274. The van der Waals surface area contributed by atoms with Gasteiger partial charge in [-0.2, -0.15) is 0 Å². The zero-order valence-corrected chi connectivity index (χ0v) is 11.9. The number of halogens is 2. The maximum atomic E-state index is 13.1. The maximum absolute atomic E-state index is 13.1. The lowest BCUT2D eigenvalue weighted by atomic mass is 10.1. The summed E-state index contributed by atoms with van der Waals surface area (Å²) in [7, 11) is 0. The summed E-state index contributed by atoms with van der Waals surface area (Å²) in [5.74, 6) is -1.27. The van der Waals surface area contributed by atoms with Crippen LogP contribution in [0, 0.1) is 11.6 Å². The van der Waals surface area contributed by atoms with Crippen LogP contribution in [0.3, 0.4) is 0 Å². The normalized spacial score (nSPS) is 10.5. The van der Waals surface area contributed by atoms with Crippen LogP contribution in [0.4, 0.5) is 14.5 Å². The number of carbonyl (C=O) groups excluding carboxylic acids is 1. The van der Waals surface area contributed by atoms with Crippen molar-refractivity contribution in [3.63, 3.8) is 0 Å². The van der Waals surface area contributed by atoms with Crippen molar-refractivity contribution in [3.05, 3.63) is 65.0 Å². The number of carbonyl (C=O) groups is 1. The molecule has 1 heterocycles. The van der Waals surface area contributed by atoms with Gasteiger partial charge < -0.3 is 5.32 Å². The van der Waals surface area contributed by atoms with Crippen molar-refractivity contribution in [3.8, 4) is 11.3 Å². The topological polar surface area (TPSA) is 54.9 Å². The lowest BCUT2D eigenvalue weighted by Crippen LogP contribution is -2.11. The Hall–Kier alpha value is -2.67. The van der Waals surface area contributed by atoms with Gasteiger partial charge in [-0.15, -0.1) is 5.10 Å². The Morgan fingerprint density at radius 2 is 1.82 bits per heavy atom. The first-order valence-electron chi connectivity index (χ1n) is 6.29. The highest BCUT2D eigenvalue weighted by Crippen LogP contribution is 2.25. The van der Waals surface area contributed by atoms with Gasteiger partial charge >= 0.3 is 0 Å². The third-order valence-corrected chi connectivity index (χ3v) is 3.62. The van der Waals surface area contributed by atoms with Gasteiger partial charge in [-0.05, 0) is 54.0 Å². The van der Waals surface area contributed by atoms with Gasteiger partial charge in [0, 0.05) is 11.3 Å².